The lowest BCUT2D eigenvalue weighted by molar-refractivity contribution is -0.254. The van der Waals surface area contributed by atoms with Crippen molar-refractivity contribution in [3.8, 4) is 22.4 Å². The fourth-order valence-corrected chi connectivity index (χ4v) is 4.24. The quantitative estimate of drug-likeness (QED) is 0.396. The summed E-state index contributed by atoms with van der Waals surface area (Å²) in [6, 6.07) is 26.1. The van der Waals surface area contributed by atoms with Gasteiger partial charge in [-0.05, 0) is 52.6 Å². The van der Waals surface area contributed by atoms with Gasteiger partial charge in [0.25, 0.3) is 0 Å². The number of carboxylic acids is 1. The Bertz CT molecular complexity index is 1480. The van der Waals surface area contributed by atoms with E-state index >= 15 is 0 Å². The minimum atomic E-state index is -1.35. The van der Waals surface area contributed by atoms with E-state index in [0.717, 1.165) is 27.5 Å². The lowest BCUT2D eigenvalue weighted by Gasteiger charge is -2.17. The molecule has 0 fully saturated rings. The zero-order valence-corrected chi connectivity index (χ0v) is 16.7. The molecule has 5 aromatic rings. The number of carbonyl (C=O) groups is 1. The Hall–Kier alpha value is -4.05. The summed E-state index contributed by atoms with van der Waals surface area (Å²) in [6.07, 6.45) is 0. The van der Waals surface area contributed by atoms with Crippen LogP contribution in [0.2, 0.25) is 0 Å². The number of nitrogens with zero attached hydrogens (tertiary/aromatic N) is 1. The van der Waals surface area contributed by atoms with E-state index in [1.165, 1.54) is 18.2 Å². The highest BCUT2D eigenvalue weighted by atomic mass is 19.1. The molecule has 1 heterocycles. The molecule has 0 spiro atoms. The average Bonchev–Trinajstić information content (AvgIpc) is 2.78. The number of rotatable bonds is 3. The molecule has 0 amide bonds. The number of pyridine rings is 1. The van der Waals surface area contributed by atoms with E-state index in [1.807, 2.05) is 48.5 Å². The molecule has 0 saturated carbocycles. The van der Waals surface area contributed by atoms with Crippen molar-refractivity contribution in [3.63, 3.8) is 0 Å². The van der Waals surface area contributed by atoms with E-state index < -0.39 is 11.8 Å². The number of carbonyl (C=O) groups excluding carboxylic acids is 1. The third-order valence-corrected chi connectivity index (χ3v) is 5.66. The van der Waals surface area contributed by atoms with Crippen molar-refractivity contribution in [2.75, 3.05) is 0 Å². The van der Waals surface area contributed by atoms with Crippen LogP contribution in [0.4, 0.5) is 4.39 Å². The summed E-state index contributed by atoms with van der Waals surface area (Å²) in [7, 11) is 0. The maximum Gasteiger partial charge on any atom is 0.123 e. The Morgan fingerprint density at radius 3 is 2.19 bits per heavy atom. The van der Waals surface area contributed by atoms with E-state index in [1.54, 1.807) is 6.92 Å². The maximum absolute atomic E-state index is 13.8. The number of hydrogen-bond donors (Lipinski definition) is 0. The monoisotopic (exact) mass is 406 g/mol. The van der Waals surface area contributed by atoms with Crippen molar-refractivity contribution >= 4 is 27.6 Å². The van der Waals surface area contributed by atoms with E-state index in [0.29, 0.717) is 16.8 Å². The largest absolute Gasteiger partial charge is 0.545 e. The third-order valence-electron chi connectivity index (χ3n) is 5.66. The van der Waals surface area contributed by atoms with Crippen molar-refractivity contribution in [1.29, 1.82) is 0 Å². The highest BCUT2D eigenvalue weighted by Crippen LogP contribution is 2.37. The lowest BCUT2D eigenvalue weighted by Crippen LogP contribution is -2.24. The normalized spacial score (nSPS) is 11.2. The highest BCUT2D eigenvalue weighted by molar-refractivity contribution is 6.08. The van der Waals surface area contributed by atoms with Crippen LogP contribution in [0.15, 0.2) is 84.9 Å². The van der Waals surface area contributed by atoms with E-state index in [-0.39, 0.29) is 10.9 Å². The van der Waals surface area contributed by atoms with Gasteiger partial charge in [0, 0.05) is 16.5 Å². The Morgan fingerprint density at radius 1 is 0.806 bits per heavy atom. The first-order valence-corrected chi connectivity index (χ1v) is 9.93. The van der Waals surface area contributed by atoms with Gasteiger partial charge in [-0.15, -0.1) is 0 Å². The molecular formula is C27H17FNO2-. The molecule has 0 atom stereocenters. The summed E-state index contributed by atoms with van der Waals surface area (Å²) < 4.78 is 13.8. The molecule has 0 unspecified atom stereocenters. The van der Waals surface area contributed by atoms with Crippen LogP contribution in [0, 0.1) is 12.7 Å². The van der Waals surface area contributed by atoms with Crippen LogP contribution >= 0.6 is 0 Å². The minimum absolute atomic E-state index is 0.0317. The molecule has 0 aliphatic carbocycles. The fraction of sp³-hybridized carbons (Fsp3) is 0.0370. The first kappa shape index (κ1) is 18.9. The predicted octanol–water partition coefficient (Wildman–Crippen LogP) is 5.53. The van der Waals surface area contributed by atoms with Crippen LogP contribution in [0.5, 0.6) is 0 Å². The Kier molecular flexibility index (Phi) is 4.48. The number of aromatic nitrogens is 1. The zero-order valence-electron chi connectivity index (χ0n) is 16.7. The van der Waals surface area contributed by atoms with Crippen LogP contribution in [0.1, 0.15) is 15.9 Å². The van der Waals surface area contributed by atoms with Crippen molar-refractivity contribution in [1.82, 2.24) is 4.98 Å². The van der Waals surface area contributed by atoms with Crippen molar-refractivity contribution in [3.05, 3.63) is 102 Å². The Balaban J connectivity index is 1.84. The summed E-state index contributed by atoms with van der Waals surface area (Å²) in [5.74, 6) is -1.86. The molecule has 0 aliphatic rings. The molecule has 150 valence electrons. The molecule has 0 bridgehead atoms. The van der Waals surface area contributed by atoms with Crippen LogP contribution < -0.4 is 5.11 Å². The number of carboxylic acid groups (broad SMARTS) is 1. The maximum atomic E-state index is 13.8. The van der Waals surface area contributed by atoms with Crippen LogP contribution in [-0.4, -0.2) is 11.0 Å². The number of fused-ring (bicyclic) bond motifs is 2. The van der Waals surface area contributed by atoms with Crippen LogP contribution in [0.25, 0.3) is 44.1 Å². The van der Waals surface area contributed by atoms with Gasteiger partial charge in [0.1, 0.15) is 5.82 Å². The molecule has 4 heteroatoms. The summed E-state index contributed by atoms with van der Waals surface area (Å²) >= 11 is 0. The Morgan fingerprint density at radius 2 is 1.48 bits per heavy atom. The molecule has 1 aromatic heterocycles. The number of hydrogen-bond acceptors (Lipinski definition) is 3. The average molecular weight is 406 g/mol. The zero-order chi connectivity index (χ0) is 21.5. The van der Waals surface area contributed by atoms with Gasteiger partial charge < -0.3 is 9.90 Å². The van der Waals surface area contributed by atoms with Crippen molar-refractivity contribution in [2.45, 2.75) is 6.92 Å². The lowest BCUT2D eigenvalue weighted by atomic mass is 9.91. The van der Waals surface area contributed by atoms with Gasteiger partial charge in [0.05, 0.1) is 17.2 Å². The standard InChI is InChI=1S/C27H18FNO2/c1-16-25(27(30)31)23-15-18(28)13-14-24(23)29-26(16)22-12-6-10-20-19(9-5-11-21(20)22)17-7-3-2-4-8-17/h2-15H,1H3,(H,30,31)/p-1. The van der Waals surface area contributed by atoms with Gasteiger partial charge in [0.2, 0.25) is 0 Å². The van der Waals surface area contributed by atoms with Crippen LogP contribution in [-0.2, 0) is 0 Å². The predicted molar refractivity (Wildman–Crippen MR) is 119 cm³/mol. The summed E-state index contributed by atoms with van der Waals surface area (Å²) in [6.45, 7) is 1.69. The molecule has 3 nitrogen and oxygen atoms in total. The van der Waals surface area contributed by atoms with E-state index in [4.69, 9.17) is 4.98 Å². The molecule has 0 aliphatic heterocycles. The Labute approximate surface area is 178 Å². The number of halogens is 1. The summed E-state index contributed by atoms with van der Waals surface area (Å²) in [5.41, 5.74) is 4.39. The molecular weight excluding hydrogens is 389 g/mol. The number of aromatic carboxylic acids is 1. The first-order valence-electron chi connectivity index (χ1n) is 9.93. The SMILES string of the molecule is Cc1c(-c2cccc3c(-c4ccccc4)cccc23)nc2ccc(F)cc2c1C(=O)[O-]. The van der Waals surface area contributed by atoms with Gasteiger partial charge in [-0.3, -0.25) is 0 Å². The second-order valence-corrected chi connectivity index (χ2v) is 7.48. The van der Waals surface area contributed by atoms with Gasteiger partial charge in [-0.25, -0.2) is 9.37 Å². The minimum Gasteiger partial charge on any atom is -0.545 e. The fourth-order valence-electron chi connectivity index (χ4n) is 4.24. The summed E-state index contributed by atoms with van der Waals surface area (Å²) in [4.78, 5) is 16.7. The topological polar surface area (TPSA) is 53.0 Å². The molecule has 31 heavy (non-hydrogen) atoms. The molecule has 0 N–H and O–H groups in total. The highest BCUT2D eigenvalue weighted by Gasteiger charge is 2.17. The smallest absolute Gasteiger partial charge is 0.123 e. The van der Waals surface area contributed by atoms with Crippen molar-refractivity contribution < 1.29 is 14.3 Å². The van der Waals surface area contributed by atoms with Gasteiger partial charge in [-0.2, -0.15) is 0 Å². The second-order valence-electron chi connectivity index (χ2n) is 7.48. The van der Waals surface area contributed by atoms with Crippen molar-refractivity contribution in [2.24, 2.45) is 0 Å². The number of benzene rings is 4. The molecule has 4 aromatic carbocycles. The first-order chi connectivity index (χ1) is 15.0. The van der Waals surface area contributed by atoms with E-state index in [2.05, 4.69) is 18.2 Å². The van der Waals surface area contributed by atoms with Crippen LogP contribution in [0.3, 0.4) is 0 Å². The van der Waals surface area contributed by atoms with Gasteiger partial charge in [-0.1, -0.05) is 66.7 Å². The third kappa shape index (κ3) is 3.13. The summed E-state index contributed by atoms with van der Waals surface area (Å²) in [5, 5.41) is 14.2. The molecule has 0 radical (unpaired) electrons. The molecule has 0 saturated heterocycles. The molecule has 5 rings (SSSR count). The van der Waals surface area contributed by atoms with E-state index in [9.17, 15) is 14.3 Å². The van der Waals surface area contributed by atoms with Gasteiger partial charge in [0.15, 0.2) is 0 Å². The second kappa shape index (κ2) is 7.33. The van der Waals surface area contributed by atoms with Gasteiger partial charge >= 0.3 is 0 Å².